The highest BCUT2D eigenvalue weighted by atomic mass is 19.1. The van der Waals surface area contributed by atoms with Crippen LogP contribution in [0.2, 0.25) is 0 Å². The van der Waals surface area contributed by atoms with E-state index in [0.717, 1.165) is 24.9 Å². The van der Waals surface area contributed by atoms with E-state index in [9.17, 15) is 9.18 Å². The van der Waals surface area contributed by atoms with E-state index in [-0.39, 0.29) is 17.6 Å². The monoisotopic (exact) mass is 339 g/mol. The predicted octanol–water partition coefficient (Wildman–Crippen LogP) is 3.31. The van der Waals surface area contributed by atoms with E-state index in [2.05, 4.69) is 9.97 Å². The van der Waals surface area contributed by atoms with E-state index < -0.39 is 0 Å². The molecule has 1 atom stereocenters. The quantitative estimate of drug-likeness (QED) is 0.734. The summed E-state index contributed by atoms with van der Waals surface area (Å²) in [6.45, 7) is 1.33. The van der Waals surface area contributed by atoms with Gasteiger partial charge in [-0.1, -0.05) is 0 Å². The third-order valence-electron chi connectivity index (χ3n) is 4.60. The first-order valence-electron chi connectivity index (χ1n) is 8.42. The lowest BCUT2D eigenvalue weighted by Gasteiger charge is -2.31. The number of benzene rings is 1. The molecule has 3 heterocycles. The van der Waals surface area contributed by atoms with Gasteiger partial charge < -0.3 is 9.32 Å². The van der Waals surface area contributed by atoms with Gasteiger partial charge in [-0.3, -0.25) is 9.78 Å². The Labute approximate surface area is 144 Å². The Kier molecular flexibility index (Phi) is 4.17. The predicted molar refractivity (Wildman–Crippen MR) is 90.5 cm³/mol. The minimum Gasteiger partial charge on any atom is -0.440 e. The van der Waals surface area contributed by atoms with Crippen LogP contribution in [-0.2, 0) is 11.2 Å². The van der Waals surface area contributed by atoms with E-state index in [1.54, 1.807) is 18.5 Å². The molecule has 0 N–H and O–H groups in total. The first-order valence-corrected chi connectivity index (χ1v) is 8.42. The van der Waals surface area contributed by atoms with Gasteiger partial charge >= 0.3 is 0 Å². The van der Waals surface area contributed by atoms with Crippen LogP contribution >= 0.6 is 0 Å². The maximum atomic E-state index is 13.3. The molecule has 0 aliphatic carbocycles. The molecule has 25 heavy (non-hydrogen) atoms. The summed E-state index contributed by atoms with van der Waals surface area (Å²) in [6.07, 6.45) is 5.57. The average molecular weight is 339 g/mol. The summed E-state index contributed by atoms with van der Waals surface area (Å²) < 4.78 is 19.1. The van der Waals surface area contributed by atoms with Crippen LogP contribution in [0.3, 0.4) is 0 Å². The standard InChI is InChI=1S/C19H18FN3O2/c20-15-3-4-16-17(11-15)25-19(22-16)14-2-1-9-23(12-14)18(24)10-13-5-7-21-8-6-13/h3-8,11,14H,1-2,9-10,12H2/t14-/m0/s1. The number of amides is 1. The normalized spacial score (nSPS) is 17.8. The number of fused-ring (bicyclic) bond motifs is 1. The van der Waals surface area contributed by atoms with Crippen LogP contribution in [0.15, 0.2) is 47.1 Å². The molecular formula is C19H18FN3O2. The van der Waals surface area contributed by atoms with Crippen molar-refractivity contribution >= 4 is 17.0 Å². The number of halogens is 1. The number of rotatable bonds is 3. The van der Waals surface area contributed by atoms with Gasteiger partial charge in [0, 0.05) is 31.5 Å². The molecule has 0 radical (unpaired) electrons. The van der Waals surface area contributed by atoms with Crippen LogP contribution < -0.4 is 0 Å². The highest BCUT2D eigenvalue weighted by Gasteiger charge is 2.28. The molecule has 1 fully saturated rings. The first-order chi connectivity index (χ1) is 12.2. The lowest BCUT2D eigenvalue weighted by Crippen LogP contribution is -2.40. The van der Waals surface area contributed by atoms with Gasteiger partial charge in [0.05, 0.1) is 12.3 Å². The Morgan fingerprint density at radius 2 is 2.12 bits per heavy atom. The van der Waals surface area contributed by atoms with Gasteiger partial charge in [-0.15, -0.1) is 0 Å². The van der Waals surface area contributed by atoms with Crippen molar-refractivity contribution < 1.29 is 13.6 Å². The van der Waals surface area contributed by atoms with Crippen LogP contribution in [0, 0.1) is 5.82 Å². The molecule has 1 aliphatic heterocycles. The van der Waals surface area contributed by atoms with Gasteiger partial charge in [-0.2, -0.15) is 0 Å². The van der Waals surface area contributed by atoms with Crippen LogP contribution in [0.5, 0.6) is 0 Å². The Morgan fingerprint density at radius 3 is 2.96 bits per heavy atom. The van der Waals surface area contributed by atoms with E-state index in [0.29, 0.717) is 30.0 Å². The van der Waals surface area contributed by atoms with Crippen LogP contribution in [0.4, 0.5) is 4.39 Å². The number of piperidine rings is 1. The number of aromatic nitrogens is 2. The van der Waals surface area contributed by atoms with E-state index in [4.69, 9.17) is 4.42 Å². The molecule has 1 aromatic carbocycles. The molecule has 1 aliphatic rings. The second kappa shape index (κ2) is 6.63. The number of likely N-dealkylation sites (tertiary alicyclic amines) is 1. The minimum atomic E-state index is -0.340. The zero-order valence-corrected chi connectivity index (χ0v) is 13.7. The molecule has 1 saturated heterocycles. The van der Waals surface area contributed by atoms with E-state index in [1.807, 2.05) is 17.0 Å². The van der Waals surface area contributed by atoms with E-state index in [1.165, 1.54) is 12.1 Å². The van der Waals surface area contributed by atoms with Crippen molar-refractivity contribution in [2.24, 2.45) is 0 Å². The van der Waals surface area contributed by atoms with Crippen LogP contribution in [0.1, 0.15) is 30.2 Å². The number of pyridine rings is 1. The highest BCUT2D eigenvalue weighted by Crippen LogP contribution is 2.29. The number of oxazole rings is 1. The Hall–Kier alpha value is -2.76. The smallest absolute Gasteiger partial charge is 0.227 e. The first kappa shape index (κ1) is 15.7. The molecule has 0 spiro atoms. The van der Waals surface area contributed by atoms with E-state index >= 15 is 0 Å². The summed E-state index contributed by atoms with van der Waals surface area (Å²) in [6, 6.07) is 8.05. The molecule has 3 aromatic rings. The maximum absolute atomic E-state index is 13.3. The van der Waals surface area contributed by atoms with Crippen molar-refractivity contribution in [3.05, 3.63) is 60.0 Å². The summed E-state index contributed by atoms with van der Waals surface area (Å²) in [5, 5.41) is 0. The molecule has 4 rings (SSSR count). The maximum Gasteiger partial charge on any atom is 0.227 e. The molecule has 0 bridgehead atoms. The van der Waals surface area contributed by atoms with Gasteiger partial charge in [0.25, 0.3) is 0 Å². The number of hydrogen-bond donors (Lipinski definition) is 0. The number of hydrogen-bond acceptors (Lipinski definition) is 4. The lowest BCUT2D eigenvalue weighted by atomic mass is 9.97. The third-order valence-corrected chi connectivity index (χ3v) is 4.60. The molecule has 5 nitrogen and oxygen atoms in total. The largest absolute Gasteiger partial charge is 0.440 e. The lowest BCUT2D eigenvalue weighted by molar-refractivity contribution is -0.131. The number of carbonyl (C=O) groups excluding carboxylic acids is 1. The molecular weight excluding hydrogens is 321 g/mol. The van der Waals surface area contributed by atoms with Gasteiger partial charge in [-0.05, 0) is 42.7 Å². The van der Waals surface area contributed by atoms with Gasteiger partial charge in [0.15, 0.2) is 11.5 Å². The van der Waals surface area contributed by atoms with Crippen LogP contribution in [0.25, 0.3) is 11.1 Å². The molecule has 6 heteroatoms. The minimum absolute atomic E-state index is 0.0469. The SMILES string of the molecule is O=C(Cc1ccncc1)N1CCC[C@H](c2nc3ccc(F)cc3o2)C1. The molecule has 0 saturated carbocycles. The Morgan fingerprint density at radius 1 is 1.28 bits per heavy atom. The fraction of sp³-hybridized carbons (Fsp3) is 0.316. The fourth-order valence-electron chi connectivity index (χ4n) is 3.28. The van der Waals surface area contributed by atoms with Gasteiger partial charge in [-0.25, -0.2) is 9.37 Å². The summed E-state index contributed by atoms with van der Waals surface area (Å²) in [5.41, 5.74) is 2.06. The fourth-order valence-corrected chi connectivity index (χ4v) is 3.28. The average Bonchev–Trinajstić information content (AvgIpc) is 3.06. The van der Waals surface area contributed by atoms with Gasteiger partial charge in [0.2, 0.25) is 5.91 Å². The second-order valence-corrected chi connectivity index (χ2v) is 6.38. The summed E-state index contributed by atoms with van der Waals surface area (Å²) in [5.74, 6) is 0.388. The van der Waals surface area contributed by atoms with Gasteiger partial charge in [0.1, 0.15) is 11.3 Å². The Bertz CT molecular complexity index is 894. The van der Waals surface area contributed by atoms with Crippen molar-refractivity contribution in [2.75, 3.05) is 13.1 Å². The summed E-state index contributed by atoms with van der Waals surface area (Å²) in [7, 11) is 0. The highest BCUT2D eigenvalue weighted by molar-refractivity contribution is 5.79. The zero-order valence-electron chi connectivity index (χ0n) is 13.7. The number of nitrogens with zero attached hydrogens (tertiary/aromatic N) is 3. The molecule has 1 amide bonds. The second-order valence-electron chi connectivity index (χ2n) is 6.38. The van der Waals surface area contributed by atoms with Crippen molar-refractivity contribution in [2.45, 2.75) is 25.2 Å². The topological polar surface area (TPSA) is 59.2 Å². The third kappa shape index (κ3) is 3.38. The molecule has 2 aromatic heterocycles. The molecule has 128 valence electrons. The van der Waals surface area contributed by atoms with Crippen molar-refractivity contribution in [3.8, 4) is 0 Å². The summed E-state index contributed by atoms with van der Waals surface area (Å²) >= 11 is 0. The summed E-state index contributed by atoms with van der Waals surface area (Å²) in [4.78, 5) is 22.9. The number of carbonyl (C=O) groups is 1. The van der Waals surface area contributed by atoms with Crippen molar-refractivity contribution in [1.82, 2.24) is 14.9 Å². The van der Waals surface area contributed by atoms with Crippen LogP contribution in [-0.4, -0.2) is 33.9 Å². The van der Waals surface area contributed by atoms with Crippen molar-refractivity contribution in [3.63, 3.8) is 0 Å². The Balaban J connectivity index is 1.49. The van der Waals surface area contributed by atoms with Crippen molar-refractivity contribution in [1.29, 1.82) is 0 Å². The zero-order chi connectivity index (χ0) is 17.2. The molecule has 0 unspecified atom stereocenters.